The molecule has 156 valence electrons. The maximum Gasteiger partial charge on any atom is 0.295 e. The van der Waals surface area contributed by atoms with Crippen LogP contribution in [0.2, 0.25) is 10.0 Å². The van der Waals surface area contributed by atoms with Crippen molar-refractivity contribution in [1.82, 2.24) is 0 Å². The number of amides is 1. The number of carbonyl (C=O) groups is 3. The minimum atomic E-state index is -1.24. The van der Waals surface area contributed by atoms with Gasteiger partial charge in [-0.2, -0.15) is 0 Å². The molecule has 3 aromatic carbocycles. The van der Waals surface area contributed by atoms with Crippen molar-refractivity contribution in [2.24, 2.45) is 5.92 Å². The van der Waals surface area contributed by atoms with Crippen LogP contribution in [0, 0.1) is 5.92 Å². The van der Waals surface area contributed by atoms with Crippen molar-refractivity contribution in [3.63, 3.8) is 0 Å². The lowest BCUT2D eigenvalue weighted by atomic mass is 9.86. The number of ether oxygens (including phenoxy) is 1. The van der Waals surface area contributed by atoms with Gasteiger partial charge in [-0.15, -0.1) is 0 Å². The minimum Gasteiger partial charge on any atom is -0.497 e. The maximum atomic E-state index is 13.4. The van der Waals surface area contributed by atoms with Crippen LogP contribution < -0.4 is 9.64 Å². The third kappa shape index (κ3) is 3.82. The molecule has 1 saturated heterocycles. The van der Waals surface area contributed by atoms with Gasteiger partial charge in [-0.3, -0.25) is 19.3 Å². The van der Waals surface area contributed by atoms with E-state index in [9.17, 15) is 14.4 Å². The summed E-state index contributed by atoms with van der Waals surface area (Å²) < 4.78 is 5.18. The zero-order valence-corrected chi connectivity index (χ0v) is 17.9. The Morgan fingerprint density at radius 2 is 1.55 bits per heavy atom. The van der Waals surface area contributed by atoms with Crippen molar-refractivity contribution in [2.45, 2.75) is 6.04 Å². The van der Waals surface area contributed by atoms with E-state index in [1.165, 1.54) is 12.0 Å². The van der Waals surface area contributed by atoms with Crippen LogP contribution in [0.25, 0.3) is 0 Å². The zero-order valence-electron chi connectivity index (χ0n) is 16.4. The van der Waals surface area contributed by atoms with Crippen molar-refractivity contribution in [2.75, 3.05) is 12.0 Å². The fourth-order valence-corrected chi connectivity index (χ4v) is 4.14. The molecule has 2 atom stereocenters. The number of nitrogens with zero attached hydrogens (tertiary/aromatic N) is 1. The Labute approximate surface area is 189 Å². The van der Waals surface area contributed by atoms with Gasteiger partial charge in [0.05, 0.1) is 18.2 Å². The number of Topliss-reactive ketones (excluding diaryl/α,β-unsaturated/α-hetero) is 2. The van der Waals surface area contributed by atoms with Crippen molar-refractivity contribution in [3.05, 3.63) is 94.0 Å². The summed E-state index contributed by atoms with van der Waals surface area (Å²) in [5.41, 5.74) is 1.30. The number of carbonyl (C=O) groups excluding carboxylic acids is 3. The summed E-state index contributed by atoms with van der Waals surface area (Å²) in [5, 5.41) is 0.731. The van der Waals surface area contributed by atoms with Crippen molar-refractivity contribution in [3.8, 4) is 5.75 Å². The van der Waals surface area contributed by atoms with Gasteiger partial charge in [0.2, 0.25) is 5.78 Å². The predicted molar refractivity (Wildman–Crippen MR) is 119 cm³/mol. The first-order valence-electron chi connectivity index (χ1n) is 9.48. The highest BCUT2D eigenvalue weighted by Crippen LogP contribution is 2.42. The Bertz CT molecular complexity index is 1160. The highest BCUT2D eigenvalue weighted by Gasteiger charge is 2.52. The van der Waals surface area contributed by atoms with E-state index in [1.54, 1.807) is 72.8 Å². The number of benzene rings is 3. The summed E-state index contributed by atoms with van der Waals surface area (Å²) in [6.45, 7) is 0. The number of ketones is 2. The van der Waals surface area contributed by atoms with Gasteiger partial charge < -0.3 is 4.74 Å². The maximum absolute atomic E-state index is 13.4. The number of hydrogen-bond donors (Lipinski definition) is 0. The van der Waals surface area contributed by atoms with E-state index >= 15 is 0 Å². The molecule has 1 aliphatic rings. The molecule has 4 rings (SSSR count). The first kappa shape index (κ1) is 21.1. The van der Waals surface area contributed by atoms with Gasteiger partial charge in [0.25, 0.3) is 5.91 Å². The van der Waals surface area contributed by atoms with Crippen LogP contribution in [0.5, 0.6) is 5.75 Å². The third-order valence-corrected chi connectivity index (χ3v) is 5.87. The Hall–Kier alpha value is -3.15. The van der Waals surface area contributed by atoms with Crippen molar-refractivity contribution >= 4 is 46.4 Å². The van der Waals surface area contributed by atoms with Crippen molar-refractivity contribution in [1.29, 1.82) is 0 Å². The van der Waals surface area contributed by atoms with E-state index in [-0.39, 0.29) is 10.6 Å². The van der Waals surface area contributed by atoms with Crippen LogP contribution in [0.3, 0.4) is 0 Å². The zero-order chi connectivity index (χ0) is 22.1. The highest BCUT2D eigenvalue weighted by atomic mass is 35.5. The molecule has 0 saturated carbocycles. The molecule has 2 unspecified atom stereocenters. The molecule has 0 radical (unpaired) electrons. The van der Waals surface area contributed by atoms with Gasteiger partial charge in [-0.1, -0.05) is 47.5 Å². The molecule has 1 fully saturated rings. The van der Waals surface area contributed by atoms with E-state index in [2.05, 4.69) is 0 Å². The van der Waals surface area contributed by atoms with Crippen LogP contribution >= 0.6 is 23.2 Å². The van der Waals surface area contributed by atoms with Gasteiger partial charge in [-0.25, -0.2) is 0 Å². The summed E-state index contributed by atoms with van der Waals surface area (Å²) in [6.07, 6.45) is 0. The van der Waals surface area contributed by atoms with E-state index in [1.807, 2.05) is 0 Å². The van der Waals surface area contributed by atoms with Gasteiger partial charge in [-0.05, 0) is 54.1 Å². The van der Waals surface area contributed by atoms with E-state index < -0.39 is 29.4 Å². The number of rotatable bonds is 5. The molecular formula is C24H17Cl2NO4. The Morgan fingerprint density at radius 1 is 0.903 bits per heavy atom. The number of hydrogen-bond acceptors (Lipinski definition) is 4. The Morgan fingerprint density at radius 3 is 2.16 bits per heavy atom. The Kier molecular flexibility index (Phi) is 5.81. The standard InChI is InChI=1S/C24H17Cl2NO4/c1-31-17-12-10-16(11-13-17)27-21(14-6-8-15(25)9-7-14)20(23(29)24(27)30)22(28)18-4-2-3-5-19(18)26/h2-13,20-21H,1H3. The molecule has 1 heterocycles. The molecule has 0 bridgehead atoms. The predicted octanol–water partition coefficient (Wildman–Crippen LogP) is 5.16. The molecule has 1 aliphatic heterocycles. The average molecular weight is 454 g/mol. The minimum absolute atomic E-state index is 0.200. The molecule has 1 amide bonds. The molecule has 31 heavy (non-hydrogen) atoms. The first-order valence-corrected chi connectivity index (χ1v) is 10.2. The summed E-state index contributed by atoms with van der Waals surface area (Å²) in [4.78, 5) is 40.9. The smallest absolute Gasteiger partial charge is 0.295 e. The molecule has 0 spiro atoms. The largest absolute Gasteiger partial charge is 0.497 e. The second-order valence-electron chi connectivity index (χ2n) is 7.06. The van der Waals surface area contributed by atoms with E-state index in [0.717, 1.165) is 0 Å². The second-order valence-corrected chi connectivity index (χ2v) is 7.90. The normalized spacial score (nSPS) is 18.4. The number of anilines is 1. The summed E-state index contributed by atoms with van der Waals surface area (Å²) >= 11 is 12.3. The molecule has 0 N–H and O–H groups in total. The molecule has 7 heteroatoms. The molecular weight excluding hydrogens is 437 g/mol. The molecule has 0 aromatic heterocycles. The average Bonchev–Trinajstić information content (AvgIpc) is 3.05. The lowest BCUT2D eigenvalue weighted by Crippen LogP contribution is -2.30. The van der Waals surface area contributed by atoms with Gasteiger partial charge in [0, 0.05) is 16.3 Å². The SMILES string of the molecule is COc1ccc(N2C(=O)C(=O)C(C(=O)c3ccccc3Cl)C2c2ccc(Cl)cc2)cc1. The van der Waals surface area contributed by atoms with Gasteiger partial charge in [0.1, 0.15) is 11.7 Å². The number of methoxy groups -OCH3 is 1. The lowest BCUT2D eigenvalue weighted by molar-refractivity contribution is -0.135. The quantitative estimate of drug-likeness (QED) is 0.304. The summed E-state index contributed by atoms with van der Waals surface area (Å²) in [7, 11) is 1.54. The van der Waals surface area contributed by atoms with Crippen LogP contribution in [0.15, 0.2) is 72.8 Å². The van der Waals surface area contributed by atoms with E-state index in [4.69, 9.17) is 27.9 Å². The third-order valence-electron chi connectivity index (χ3n) is 5.29. The van der Waals surface area contributed by atoms with Gasteiger partial charge >= 0.3 is 0 Å². The van der Waals surface area contributed by atoms with Gasteiger partial charge in [0.15, 0.2) is 5.78 Å². The second kappa shape index (κ2) is 8.53. The fraction of sp³-hybridized carbons (Fsp3) is 0.125. The van der Waals surface area contributed by atoms with Crippen molar-refractivity contribution < 1.29 is 19.1 Å². The van der Waals surface area contributed by atoms with Crippen LogP contribution in [-0.4, -0.2) is 24.6 Å². The highest BCUT2D eigenvalue weighted by molar-refractivity contribution is 6.49. The molecule has 0 aliphatic carbocycles. The van der Waals surface area contributed by atoms with E-state index in [0.29, 0.717) is 22.0 Å². The molecule has 3 aromatic rings. The monoisotopic (exact) mass is 453 g/mol. The van der Waals surface area contributed by atoms with Crippen LogP contribution in [0.4, 0.5) is 5.69 Å². The number of halogens is 2. The molecule has 5 nitrogen and oxygen atoms in total. The topological polar surface area (TPSA) is 63.7 Å². The first-order chi connectivity index (χ1) is 14.9. The lowest BCUT2D eigenvalue weighted by Gasteiger charge is -2.27. The van der Waals surface area contributed by atoms with Crippen LogP contribution in [0.1, 0.15) is 22.0 Å². The Balaban J connectivity index is 1.85. The summed E-state index contributed by atoms with van der Waals surface area (Å²) in [6, 6.07) is 19.1. The summed E-state index contributed by atoms with van der Waals surface area (Å²) in [5.74, 6) is -2.67. The fourth-order valence-electron chi connectivity index (χ4n) is 3.78. The van der Waals surface area contributed by atoms with Crippen LogP contribution in [-0.2, 0) is 9.59 Å².